The van der Waals surface area contributed by atoms with E-state index >= 15 is 0 Å². The van der Waals surface area contributed by atoms with Gasteiger partial charge < -0.3 is 9.52 Å². The molecule has 1 heterocycles. The van der Waals surface area contributed by atoms with Crippen molar-refractivity contribution in [3.8, 4) is 17.2 Å². The van der Waals surface area contributed by atoms with Gasteiger partial charge in [0.1, 0.15) is 11.3 Å². The predicted octanol–water partition coefficient (Wildman–Crippen LogP) is 4.32. The van der Waals surface area contributed by atoms with Gasteiger partial charge in [-0.1, -0.05) is 26.0 Å². The van der Waals surface area contributed by atoms with Crippen LogP contribution in [0.2, 0.25) is 0 Å². The molecule has 1 N–H and O–H groups in total. The summed E-state index contributed by atoms with van der Waals surface area (Å²) < 4.78 is 5.89. The van der Waals surface area contributed by atoms with Crippen molar-refractivity contribution in [3.63, 3.8) is 0 Å². The number of benzene rings is 2. The van der Waals surface area contributed by atoms with Crippen molar-refractivity contribution in [1.82, 2.24) is 4.98 Å². The van der Waals surface area contributed by atoms with Crippen LogP contribution in [0.15, 0.2) is 46.9 Å². The van der Waals surface area contributed by atoms with E-state index in [0.29, 0.717) is 11.8 Å². The standard InChI is InChI=1S/C16H15NO2/c1-10(2)13-4-3-5-14-15(13)19-16(17-14)11-6-8-12(18)9-7-11/h3-10,18H,1-2H3. The van der Waals surface area contributed by atoms with E-state index in [0.717, 1.165) is 22.2 Å². The highest BCUT2D eigenvalue weighted by atomic mass is 16.3. The van der Waals surface area contributed by atoms with E-state index < -0.39 is 0 Å². The van der Waals surface area contributed by atoms with E-state index in [-0.39, 0.29) is 5.75 Å². The average Bonchev–Trinajstić information content (AvgIpc) is 2.82. The summed E-state index contributed by atoms with van der Waals surface area (Å²) in [5.74, 6) is 1.22. The van der Waals surface area contributed by atoms with Crippen molar-refractivity contribution in [3.05, 3.63) is 48.0 Å². The van der Waals surface area contributed by atoms with Crippen LogP contribution in [0.25, 0.3) is 22.6 Å². The van der Waals surface area contributed by atoms with Gasteiger partial charge in [-0.15, -0.1) is 0 Å². The lowest BCUT2D eigenvalue weighted by Gasteiger charge is -2.03. The number of para-hydroxylation sites is 1. The first kappa shape index (κ1) is 11.8. The topological polar surface area (TPSA) is 46.3 Å². The summed E-state index contributed by atoms with van der Waals surface area (Å²) in [6.45, 7) is 4.27. The zero-order valence-corrected chi connectivity index (χ0v) is 10.9. The molecule has 0 spiro atoms. The third-order valence-corrected chi connectivity index (χ3v) is 3.18. The molecule has 0 aliphatic rings. The van der Waals surface area contributed by atoms with Crippen LogP contribution >= 0.6 is 0 Å². The maximum absolute atomic E-state index is 9.31. The summed E-state index contributed by atoms with van der Waals surface area (Å²) in [6, 6.07) is 12.9. The maximum Gasteiger partial charge on any atom is 0.227 e. The molecule has 96 valence electrons. The van der Waals surface area contributed by atoms with Gasteiger partial charge >= 0.3 is 0 Å². The molecule has 3 nitrogen and oxygen atoms in total. The Balaban J connectivity index is 2.16. The van der Waals surface area contributed by atoms with Crippen molar-refractivity contribution < 1.29 is 9.52 Å². The van der Waals surface area contributed by atoms with Crippen LogP contribution in [0.4, 0.5) is 0 Å². The number of phenols is 1. The van der Waals surface area contributed by atoms with Gasteiger partial charge in [0.05, 0.1) is 0 Å². The van der Waals surface area contributed by atoms with Gasteiger partial charge in [0.2, 0.25) is 5.89 Å². The molecule has 1 aromatic heterocycles. The van der Waals surface area contributed by atoms with Gasteiger partial charge in [-0.2, -0.15) is 0 Å². The van der Waals surface area contributed by atoms with Crippen LogP contribution in [-0.2, 0) is 0 Å². The Morgan fingerprint density at radius 1 is 1.05 bits per heavy atom. The minimum Gasteiger partial charge on any atom is -0.508 e. The second-order valence-corrected chi connectivity index (χ2v) is 4.92. The molecule has 2 aromatic carbocycles. The summed E-state index contributed by atoms with van der Waals surface area (Å²) in [6.07, 6.45) is 0. The lowest BCUT2D eigenvalue weighted by atomic mass is 10.0. The van der Waals surface area contributed by atoms with Crippen LogP contribution in [0, 0.1) is 0 Å². The number of oxazole rings is 1. The van der Waals surface area contributed by atoms with E-state index in [2.05, 4.69) is 24.9 Å². The second kappa shape index (κ2) is 4.43. The van der Waals surface area contributed by atoms with Crippen molar-refractivity contribution in [1.29, 1.82) is 0 Å². The lowest BCUT2D eigenvalue weighted by Crippen LogP contribution is -1.86. The minimum atomic E-state index is 0.239. The highest BCUT2D eigenvalue weighted by molar-refractivity contribution is 5.79. The number of rotatable bonds is 2. The Kier molecular flexibility index (Phi) is 2.75. The van der Waals surface area contributed by atoms with Crippen LogP contribution in [-0.4, -0.2) is 10.1 Å². The fourth-order valence-corrected chi connectivity index (χ4v) is 2.15. The van der Waals surface area contributed by atoms with Gasteiger partial charge in [0, 0.05) is 5.56 Å². The van der Waals surface area contributed by atoms with Crippen LogP contribution in [0.1, 0.15) is 25.3 Å². The molecule has 3 heteroatoms. The molecule has 0 aliphatic heterocycles. The summed E-state index contributed by atoms with van der Waals surface area (Å²) in [5.41, 5.74) is 3.74. The van der Waals surface area contributed by atoms with Crippen molar-refractivity contribution >= 4 is 11.1 Å². The number of nitrogens with zero attached hydrogens (tertiary/aromatic N) is 1. The van der Waals surface area contributed by atoms with Gasteiger partial charge in [-0.3, -0.25) is 0 Å². The van der Waals surface area contributed by atoms with E-state index in [9.17, 15) is 5.11 Å². The normalized spacial score (nSPS) is 11.3. The lowest BCUT2D eigenvalue weighted by molar-refractivity contribution is 0.475. The first-order chi connectivity index (χ1) is 9.15. The van der Waals surface area contributed by atoms with E-state index in [1.165, 1.54) is 0 Å². The number of phenolic OH excluding ortho intramolecular Hbond substituents is 1. The zero-order valence-electron chi connectivity index (χ0n) is 10.9. The molecule has 0 saturated carbocycles. The number of fused-ring (bicyclic) bond motifs is 1. The molecule has 0 bridgehead atoms. The Morgan fingerprint density at radius 3 is 2.47 bits per heavy atom. The first-order valence-electron chi connectivity index (χ1n) is 6.34. The Morgan fingerprint density at radius 2 is 1.79 bits per heavy atom. The molecule has 0 aliphatic carbocycles. The zero-order chi connectivity index (χ0) is 13.4. The predicted molar refractivity (Wildman–Crippen MR) is 75.2 cm³/mol. The highest BCUT2D eigenvalue weighted by Gasteiger charge is 2.13. The summed E-state index contributed by atoms with van der Waals surface area (Å²) in [7, 11) is 0. The van der Waals surface area contributed by atoms with E-state index in [1.807, 2.05) is 12.1 Å². The first-order valence-corrected chi connectivity index (χ1v) is 6.34. The van der Waals surface area contributed by atoms with Crippen molar-refractivity contribution in [2.75, 3.05) is 0 Å². The Labute approximate surface area is 111 Å². The second-order valence-electron chi connectivity index (χ2n) is 4.92. The molecular formula is C16H15NO2. The average molecular weight is 253 g/mol. The third kappa shape index (κ3) is 2.08. The van der Waals surface area contributed by atoms with Gasteiger partial charge in [0.15, 0.2) is 5.58 Å². The van der Waals surface area contributed by atoms with Gasteiger partial charge in [-0.05, 0) is 41.8 Å². The van der Waals surface area contributed by atoms with E-state index in [4.69, 9.17) is 4.42 Å². The summed E-state index contributed by atoms with van der Waals surface area (Å²) in [4.78, 5) is 4.51. The van der Waals surface area contributed by atoms with Gasteiger partial charge in [0.25, 0.3) is 0 Å². The molecule has 0 unspecified atom stereocenters. The molecule has 0 atom stereocenters. The summed E-state index contributed by atoms with van der Waals surface area (Å²) >= 11 is 0. The smallest absolute Gasteiger partial charge is 0.227 e. The third-order valence-electron chi connectivity index (χ3n) is 3.18. The van der Waals surface area contributed by atoms with Crippen molar-refractivity contribution in [2.45, 2.75) is 19.8 Å². The molecular weight excluding hydrogens is 238 g/mol. The molecule has 0 saturated heterocycles. The van der Waals surface area contributed by atoms with Crippen LogP contribution < -0.4 is 0 Å². The van der Waals surface area contributed by atoms with Crippen LogP contribution in [0.3, 0.4) is 0 Å². The fourth-order valence-electron chi connectivity index (χ4n) is 2.15. The van der Waals surface area contributed by atoms with Gasteiger partial charge in [-0.25, -0.2) is 4.98 Å². The fraction of sp³-hybridized carbons (Fsp3) is 0.188. The number of hydrogen-bond acceptors (Lipinski definition) is 3. The highest BCUT2D eigenvalue weighted by Crippen LogP contribution is 2.30. The number of aromatic nitrogens is 1. The Bertz CT molecular complexity index is 711. The van der Waals surface area contributed by atoms with E-state index in [1.54, 1.807) is 24.3 Å². The largest absolute Gasteiger partial charge is 0.508 e. The molecule has 0 amide bonds. The Hall–Kier alpha value is -2.29. The SMILES string of the molecule is CC(C)c1cccc2nc(-c3ccc(O)cc3)oc12. The number of hydrogen-bond donors (Lipinski definition) is 1. The molecule has 3 rings (SSSR count). The minimum absolute atomic E-state index is 0.239. The molecule has 0 fully saturated rings. The molecule has 3 aromatic rings. The van der Waals surface area contributed by atoms with Crippen LogP contribution in [0.5, 0.6) is 5.75 Å². The quantitative estimate of drug-likeness (QED) is 0.739. The monoisotopic (exact) mass is 253 g/mol. The molecule has 0 radical (unpaired) electrons. The summed E-state index contributed by atoms with van der Waals surface area (Å²) in [5, 5.41) is 9.31. The number of aromatic hydroxyl groups is 1. The molecule has 19 heavy (non-hydrogen) atoms. The maximum atomic E-state index is 9.31. The van der Waals surface area contributed by atoms with Crippen molar-refractivity contribution in [2.24, 2.45) is 0 Å².